The molecule has 1 rings (SSSR count). The van der Waals surface area contributed by atoms with Crippen LogP contribution in [-0.4, -0.2) is 31.1 Å². The fourth-order valence-electron chi connectivity index (χ4n) is 1.32. The first-order valence-corrected chi connectivity index (χ1v) is 5.96. The first-order valence-electron chi connectivity index (χ1n) is 5.51. The Morgan fingerprint density at radius 3 is 2.48 bits per heavy atom. The summed E-state index contributed by atoms with van der Waals surface area (Å²) in [5.41, 5.74) is -0.0416. The Morgan fingerprint density at radius 1 is 1.33 bits per heavy atom. The molecule has 0 unspecified atom stereocenters. The van der Waals surface area contributed by atoms with Crippen LogP contribution in [0.5, 0.6) is 0 Å². The number of benzene rings is 1. The average molecular weight is 312 g/mol. The van der Waals surface area contributed by atoms with Crippen molar-refractivity contribution in [2.45, 2.75) is 4.90 Å². The van der Waals surface area contributed by atoms with E-state index in [9.17, 15) is 19.7 Å². The summed E-state index contributed by atoms with van der Waals surface area (Å²) in [6.45, 7) is 0. The van der Waals surface area contributed by atoms with Crippen molar-refractivity contribution < 1.29 is 24.0 Å². The lowest BCUT2D eigenvalue weighted by Crippen LogP contribution is -2.15. The number of rotatable bonds is 5. The first-order chi connectivity index (χ1) is 9.88. The first kappa shape index (κ1) is 16.5. The molecular weight excluding hydrogens is 300 g/mol. The predicted molar refractivity (Wildman–Crippen MR) is 76.1 cm³/mol. The number of nitro benzene ring substituents is 1. The van der Waals surface area contributed by atoms with Gasteiger partial charge in [0, 0.05) is 17.0 Å². The Bertz CT molecular complexity index is 614. The maximum atomic E-state index is 11.6. The number of nitro groups is 1. The molecule has 0 fully saturated rings. The van der Waals surface area contributed by atoms with E-state index in [0.29, 0.717) is 5.69 Å². The van der Waals surface area contributed by atoms with Crippen molar-refractivity contribution in [3.8, 4) is 0 Å². The third kappa shape index (κ3) is 4.49. The van der Waals surface area contributed by atoms with E-state index in [0.717, 1.165) is 20.3 Å². The number of carbonyl (C=O) groups is 2. The predicted octanol–water partition coefficient (Wildman–Crippen LogP) is 1.53. The van der Waals surface area contributed by atoms with Crippen LogP contribution >= 0.6 is 12.6 Å². The summed E-state index contributed by atoms with van der Waals surface area (Å²) < 4.78 is 8.94. The molecule has 1 N–H and O–H groups in total. The van der Waals surface area contributed by atoms with Crippen LogP contribution in [0.4, 0.5) is 11.4 Å². The SMILES string of the molecule is COC(=O)/C=C(/Nc1ccc([N+](=O)[O-])cc1S)C(=O)OC. The van der Waals surface area contributed by atoms with Gasteiger partial charge in [-0.2, -0.15) is 0 Å². The summed E-state index contributed by atoms with van der Waals surface area (Å²) in [5, 5.41) is 13.2. The molecule has 9 heteroatoms. The average Bonchev–Trinajstić information content (AvgIpc) is 2.46. The molecule has 0 radical (unpaired) electrons. The van der Waals surface area contributed by atoms with Gasteiger partial charge < -0.3 is 14.8 Å². The van der Waals surface area contributed by atoms with Crippen LogP contribution in [0.15, 0.2) is 34.9 Å². The van der Waals surface area contributed by atoms with Crippen molar-refractivity contribution in [3.05, 3.63) is 40.1 Å². The second kappa shape index (κ2) is 7.29. The normalized spacial score (nSPS) is 10.7. The molecule has 1 aromatic carbocycles. The molecule has 0 aliphatic rings. The minimum Gasteiger partial charge on any atom is -0.466 e. The number of esters is 2. The lowest BCUT2D eigenvalue weighted by molar-refractivity contribution is -0.385. The zero-order valence-electron chi connectivity index (χ0n) is 11.2. The van der Waals surface area contributed by atoms with Crippen molar-refractivity contribution in [1.29, 1.82) is 0 Å². The zero-order chi connectivity index (χ0) is 16.0. The molecule has 0 spiro atoms. The van der Waals surface area contributed by atoms with Crippen LogP contribution in [0.3, 0.4) is 0 Å². The smallest absolute Gasteiger partial charge is 0.354 e. The van der Waals surface area contributed by atoms with Gasteiger partial charge in [0.1, 0.15) is 5.70 Å². The third-order valence-electron chi connectivity index (χ3n) is 2.33. The molecular formula is C12H12N2O6S. The number of thiol groups is 1. The molecule has 0 amide bonds. The minimum atomic E-state index is -0.800. The van der Waals surface area contributed by atoms with E-state index in [2.05, 4.69) is 27.4 Å². The zero-order valence-corrected chi connectivity index (χ0v) is 12.0. The number of methoxy groups -OCH3 is 2. The topological polar surface area (TPSA) is 108 Å². The van der Waals surface area contributed by atoms with Gasteiger partial charge in [-0.1, -0.05) is 0 Å². The summed E-state index contributed by atoms with van der Waals surface area (Å²) in [7, 11) is 2.30. The quantitative estimate of drug-likeness (QED) is 0.279. The molecule has 0 atom stereocenters. The summed E-state index contributed by atoms with van der Waals surface area (Å²) in [5.74, 6) is -1.56. The number of ether oxygens (including phenoxy) is 2. The third-order valence-corrected chi connectivity index (χ3v) is 2.70. The molecule has 112 valence electrons. The van der Waals surface area contributed by atoms with Gasteiger partial charge in [0.05, 0.1) is 30.9 Å². The van der Waals surface area contributed by atoms with Crippen LogP contribution < -0.4 is 5.32 Å². The molecule has 0 saturated heterocycles. The molecule has 0 heterocycles. The number of nitrogens with zero attached hydrogens (tertiary/aromatic N) is 1. The van der Waals surface area contributed by atoms with Gasteiger partial charge >= 0.3 is 11.9 Å². The molecule has 0 aliphatic carbocycles. The monoisotopic (exact) mass is 312 g/mol. The van der Waals surface area contributed by atoms with Crippen molar-refractivity contribution in [3.63, 3.8) is 0 Å². The molecule has 0 aliphatic heterocycles. The lowest BCUT2D eigenvalue weighted by Gasteiger charge is -2.10. The maximum absolute atomic E-state index is 11.6. The van der Waals surface area contributed by atoms with E-state index in [1.54, 1.807) is 0 Å². The van der Waals surface area contributed by atoms with Gasteiger partial charge in [-0.3, -0.25) is 10.1 Å². The Balaban J connectivity index is 3.10. The Morgan fingerprint density at radius 2 is 2.00 bits per heavy atom. The minimum absolute atomic E-state index is 0.151. The number of carbonyl (C=O) groups excluding carboxylic acids is 2. The highest BCUT2D eigenvalue weighted by molar-refractivity contribution is 7.80. The number of anilines is 1. The van der Waals surface area contributed by atoms with Crippen LogP contribution in [-0.2, 0) is 19.1 Å². The number of hydrogen-bond acceptors (Lipinski definition) is 8. The van der Waals surface area contributed by atoms with Crippen LogP contribution in [0.25, 0.3) is 0 Å². The standard InChI is InChI=1S/C12H12N2O6S/c1-19-11(15)6-9(12(16)20-2)13-8-4-3-7(14(17)18)5-10(8)21/h3-6,13,21H,1-2H3/b9-6+. The van der Waals surface area contributed by atoms with Crippen LogP contribution in [0.1, 0.15) is 0 Å². The molecule has 0 aromatic heterocycles. The molecule has 21 heavy (non-hydrogen) atoms. The largest absolute Gasteiger partial charge is 0.466 e. The van der Waals surface area contributed by atoms with Gasteiger partial charge in [0.25, 0.3) is 5.69 Å². The maximum Gasteiger partial charge on any atom is 0.354 e. The van der Waals surface area contributed by atoms with Crippen molar-refractivity contribution >= 4 is 35.9 Å². The Hall–Kier alpha value is -2.55. The van der Waals surface area contributed by atoms with Crippen molar-refractivity contribution in [2.24, 2.45) is 0 Å². The van der Waals surface area contributed by atoms with E-state index >= 15 is 0 Å². The van der Waals surface area contributed by atoms with E-state index in [4.69, 9.17) is 0 Å². The van der Waals surface area contributed by atoms with E-state index in [-0.39, 0.29) is 16.3 Å². The van der Waals surface area contributed by atoms with Gasteiger partial charge in [0.2, 0.25) is 0 Å². The summed E-state index contributed by atoms with van der Waals surface area (Å²) in [6, 6.07) is 3.79. The summed E-state index contributed by atoms with van der Waals surface area (Å²) in [4.78, 5) is 33.0. The van der Waals surface area contributed by atoms with E-state index in [1.807, 2.05) is 0 Å². The lowest BCUT2D eigenvalue weighted by atomic mass is 10.2. The molecule has 0 saturated carbocycles. The van der Waals surface area contributed by atoms with Crippen LogP contribution in [0.2, 0.25) is 0 Å². The molecule has 8 nitrogen and oxygen atoms in total. The fourth-order valence-corrected chi connectivity index (χ4v) is 1.58. The van der Waals surface area contributed by atoms with Gasteiger partial charge in [-0.25, -0.2) is 9.59 Å². The number of hydrogen-bond donors (Lipinski definition) is 2. The van der Waals surface area contributed by atoms with E-state index < -0.39 is 16.9 Å². The summed E-state index contributed by atoms with van der Waals surface area (Å²) >= 11 is 4.09. The van der Waals surface area contributed by atoms with Gasteiger partial charge in [-0.15, -0.1) is 12.6 Å². The van der Waals surface area contributed by atoms with Crippen LogP contribution in [0, 0.1) is 10.1 Å². The Labute approximate surface area is 125 Å². The number of non-ortho nitro benzene ring substituents is 1. The number of nitrogens with one attached hydrogen (secondary N) is 1. The highest BCUT2D eigenvalue weighted by Crippen LogP contribution is 2.26. The molecule has 1 aromatic rings. The van der Waals surface area contributed by atoms with Crippen molar-refractivity contribution in [2.75, 3.05) is 19.5 Å². The fraction of sp³-hybridized carbons (Fsp3) is 0.167. The highest BCUT2D eigenvalue weighted by Gasteiger charge is 2.15. The molecule has 0 bridgehead atoms. The van der Waals surface area contributed by atoms with Gasteiger partial charge in [-0.05, 0) is 6.07 Å². The second-order valence-corrected chi connectivity index (χ2v) is 4.14. The Kier molecular flexibility index (Phi) is 5.73. The summed E-state index contributed by atoms with van der Waals surface area (Å²) in [6.07, 6.45) is 0.903. The highest BCUT2D eigenvalue weighted by atomic mass is 32.1. The van der Waals surface area contributed by atoms with E-state index in [1.165, 1.54) is 18.2 Å². The van der Waals surface area contributed by atoms with Crippen molar-refractivity contribution in [1.82, 2.24) is 0 Å². The second-order valence-electron chi connectivity index (χ2n) is 3.66. The van der Waals surface area contributed by atoms with Gasteiger partial charge in [0.15, 0.2) is 0 Å².